The van der Waals surface area contributed by atoms with E-state index >= 15 is 0 Å². The Hall–Kier alpha value is -2.29. The first-order chi connectivity index (χ1) is 11.2. The SMILES string of the molecule is CCN(CC)c1ccc(C(=O)NCCCc2ccccc2)cc1. The molecule has 0 radical (unpaired) electrons. The minimum atomic E-state index is 0.00385. The number of amides is 1. The number of nitrogens with zero attached hydrogens (tertiary/aromatic N) is 1. The molecule has 1 N–H and O–H groups in total. The fraction of sp³-hybridized carbons (Fsp3) is 0.350. The third-order valence-electron chi connectivity index (χ3n) is 4.03. The summed E-state index contributed by atoms with van der Waals surface area (Å²) in [5, 5.41) is 2.99. The summed E-state index contributed by atoms with van der Waals surface area (Å²) in [6.07, 6.45) is 1.94. The molecule has 0 aliphatic heterocycles. The number of rotatable bonds is 8. The van der Waals surface area contributed by atoms with E-state index in [0.29, 0.717) is 6.54 Å². The standard InChI is InChI=1S/C20H26N2O/c1-3-22(4-2)19-14-12-18(13-15-19)20(23)21-16-8-11-17-9-6-5-7-10-17/h5-7,9-10,12-15H,3-4,8,11,16H2,1-2H3,(H,21,23). The predicted molar refractivity (Wildman–Crippen MR) is 97.1 cm³/mol. The van der Waals surface area contributed by atoms with Crippen molar-refractivity contribution in [2.24, 2.45) is 0 Å². The first kappa shape index (κ1) is 17.1. The fourth-order valence-electron chi connectivity index (χ4n) is 2.65. The Kier molecular flexibility index (Phi) is 6.67. The summed E-state index contributed by atoms with van der Waals surface area (Å²) >= 11 is 0. The zero-order chi connectivity index (χ0) is 16.5. The lowest BCUT2D eigenvalue weighted by Gasteiger charge is -2.21. The van der Waals surface area contributed by atoms with E-state index in [1.165, 1.54) is 5.56 Å². The van der Waals surface area contributed by atoms with Crippen LogP contribution in [-0.2, 0) is 6.42 Å². The van der Waals surface area contributed by atoms with Gasteiger partial charge in [0, 0.05) is 30.9 Å². The van der Waals surface area contributed by atoms with E-state index < -0.39 is 0 Å². The van der Waals surface area contributed by atoms with Crippen LogP contribution >= 0.6 is 0 Å². The van der Waals surface area contributed by atoms with Gasteiger partial charge in [-0.3, -0.25) is 4.79 Å². The van der Waals surface area contributed by atoms with Gasteiger partial charge in [-0.25, -0.2) is 0 Å². The molecule has 0 heterocycles. The van der Waals surface area contributed by atoms with Crippen molar-refractivity contribution < 1.29 is 4.79 Å². The van der Waals surface area contributed by atoms with E-state index in [2.05, 4.69) is 36.2 Å². The van der Waals surface area contributed by atoms with Gasteiger partial charge < -0.3 is 10.2 Å². The zero-order valence-corrected chi connectivity index (χ0v) is 14.1. The van der Waals surface area contributed by atoms with E-state index in [1.807, 2.05) is 42.5 Å². The Morgan fingerprint density at radius 3 is 2.22 bits per heavy atom. The van der Waals surface area contributed by atoms with Crippen molar-refractivity contribution in [2.75, 3.05) is 24.5 Å². The minimum absolute atomic E-state index is 0.00385. The molecule has 0 saturated carbocycles. The molecule has 122 valence electrons. The Labute approximate surface area is 139 Å². The summed E-state index contributed by atoms with van der Waals surface area (Å²) in [5.74, 6) is 0.00385. The molecule has 0 bridgehead atoms. The maximum Gasteiger partial charge on any atom is 0.251 e. The molecular weight excluding hydrogens is 284 g/mol. The number of hydrogen-bond acceptors (Lipinski definition) is 2. The summed E-state index contributed by atoms with van der Waals surface area (Å²) in [7, 11) is 0. The van der Waals surface area contributed by atoms with Crippen LogP contribution in [0.3, 0.4) is 0 Å². The van der Waals surface area contributed by atoms with Gasteiger partial charge in [0.1, 0.15) is 0 Å². The molecule has 0 saturated heterocycles. The highest BCUT2D eigenvalue weighted by Crippen LogP contribution is 2.14. The van der Waals surface area contributed by atoms with Crippen LogP contribution in [0.5, 0.6) is 0 Å². The predicted octanol–water partition coefficient (Wildman–Crippen LogP) is 3.90. The zero-order valence-electron chi connectivity index (χ0n) is 14.1. The number of carbonyl (C=O) groups is 1. The molecule has 2 aromatic carbocycles. The van der Waals surface area contributed by atoms with Gasteiger partial charge in [0.25, 0.3) is 5.91 Å². The second-order valence-corrected chi connectivity index (χ2v) is 5.56. The van der Waals surface area contributed by atoms with Gasteiger partial charge in [-0.2, -0.15) is 0 Å². The largest absolute Gasteiger partial charge is 0.372 e. The van der Waals surface area contributed by atoms with Gasteiger partial charge in [-0.05, 0) is 56.5 Å². The van der Waals surface area contributed by atoms with Crippen molar-refractivity contribution in [3.8, 4) is 0 Å². The highest BCUT2D eigenvalue weighted by Gasteiger charge is 2.06. The molecule has 2 rings (SSSR count). The summed E-state index contributed by atoms with van der Waals surface area (Å²) in [6.45, 7) is 6.92. The van der Waals surface area contributed by atoms with Gasteiger partial charge in [0.05, 0.1) is 0 Å². The number of benzene rings is 2. The van der Waals surface area contributed by atoms with Crippen LogP contribution in [0.2, 0.25) is 0 Å². The van der Waals surface area contributed by atoms with E-state index in [-0.39, 0.29) is 5.91 Å². The van der Waals surface area contributed by atoms with Crippen molar-refractivity contribution >= 4 is 11.6 Å². The average molecular weight is 310 g/mol. The third kappa shape index (κ3) is 5.13. The van der Waals surface area contributed by atoms with E-state index in [4.69, 9.17) is 0 Å². The van der Waals surface area contributed by atoms with Gasteiger partial charge in [-0.1, -0.05) is 30.3 Å². The molecular formula is C20H26N2O. The summed E-state index contributed by atoms with van der Waals surface area (Å²) in [4.78, 5) is 14.4. The topological polar surface area (TPSA) is 32.3 Å². The summed E-state index contributed by atoms with van der Waals surface area (Å²) in [5.41, 5.74) is 3.20. The Morgan fingerprint density at radius 2 is 1.61 bits per heavy atom. The monoisotopic (exact) mass is 310 g/mol. The number of anilines is 1. The minimum Gasteiger partial charge on any atom is -0.372 e. The second-order valence-electron chi connectivity index (χ2n) is 5.56. The molecule has 2 aromatic rings. The average Bonchev–Trinajstić information content (AvgIpc) is 2.61. The normalized spacial score (nSPS) is 10.3. The maximum absolute atomic E-state index is 12.2. The molecule has 23 heavy (non-hydrogen) atoms. The molecule has 0 aromatic heterocycles. The van der Waals surface area contributed by atoms with Crippen LogP contribution in [0.1, 0.15) is 36.2 Å². The van der Waals surface area contributed by atoms with Crippen molar-refractivity contribution in [2.45, 2.75) is 26.7 Å². The fourth-order valence-corrected chi connectivity index (χ4v) is 2.65. The summed E-state index contributed by atoms with van der Waals surface area (Å²) in [6, 6.07) is 18.2. The number of nitrogens with one attached hydrogen (secondary N) is 1. The lowest BCUT2D eigenvalue weighted by molar-refractivity contribution is 0.0953. The molecule has 1 amide bonds. The number of hydrogen-bond donors (Lipinski definition) is 1. The van der Waals surface area contributed by atoms with E-state index in [1.54, 1.807) is 0 Å². The van der Waals surface area contributed by atoms with E-state index in [0.717, 1.165) is 37.2 Å². The van der Waals surface area contributed by atoms with Crippen molar-refractivity contribution in [3.05, 3.63) is 65.7 Å². The highest BCUT2D eigenvalue weighted by molar-refractivity contribution is 5.94. The van der Waals surface area contributed by atoms with Crippen molar-refractivity contribution in [1.82, 2.24) is 5.32 Å². The van der Waals surface area contributed by atoms with Crippen LogP contribution in [0.25, 0.3) is 0 Å². The Bertz CT molecular complexity index is 589. The lowest BCUT2D eigenvalue weighted by Crippen LogP contribution is -2.25. The molecule has 3 heteroatoms. The second kappa shape index (κ2) is 8.99. The van der Waals surface area contributed by atoms with Crippen LogP contribution in [0.4, 0.5) is 5.69 Å². The van der Waals surface area contributed by atoms with Crippen molar-refractivity contribution in [1.29, 1.82) is 0 Å². The summed E-state index contributed by atoms with van der Waals surface area (Å²) < 4.78 is 0. The molecule has 0 unspecified atom stereocenters. The van der Waals surface area contributed by atoms with E-state index in [9.17, 15) is 4.79 Å². The maximum atomic E-state index is 12.2. The van der Waals surface area contributed by atoms with Crippen LogP contribution in [-0.4, -0.2) is 25.5 Å². The van der Waals surface area contributed by atoms with Gasteiger partial charge >= 0.3 is 0 Å². The lowest BCUT2D eigenvalue weighted by atomic mass is 10.1. The quantitative estimate of drug-likeness (QED) is 0.750. The van der Waals surface area contributed by atoms with Gasteiger partial charge in [0.2, 0.25) is 0 Å². The third-order valence-corrected chi connectivity index (χ3v) is 4.03. The molecule has 0 aliphatic rings. The van der Waals surface area contributed by atoms with Crippen molar-refractivity contribution in [3.63, 3.8) is 0 Å². The Morgan fingerprint density at radius 1 is 0.957 bits per heavy atom. The number of carbonyl (C=O) groups excluding carboxylic acids is 1. The van der Waals surface area contributed by atoms with Gasteiger partial charge in [0.15, 0.2) is 0 Å². The van der Waals surface area contributed by atoms with Crippen LogP contribution in [0, 0.1) is 0 Å². The smallest absolute Gasteiger partial charge is 0.251 e. The van der Waals surface area contributed by atoms with Crippen LogP contribution in [0.15, 0.2) is 54.6 Å². The first-order valence-electron chi connectivity index (χ1n) is 8.41. The molecule has 0 aliphatic carbocycles. The highest BCUT2D eigenvalue weighted by atomic mass is 16.1. The molecule has 0 fully saturated rings. The van der Waals surface area contributed by atoms with Crippen LogP contribution < -0.4 is 10.2 Å². The Balaban J connectivity index is 1.79. The van der Waals surface area contributed by atoms with Gasteiger partial charge in [-0.15, -0.1) is 0 Å². The molecule has 0 atom stereocenters. The number of aryl methyl sites for hydroxylation is 1. The first-order valence-corrected chi connectivity index (χ1v) is 8.41. The molecule has 0 spiro atoms. The molecule has 3 nitrogen and oxygen atoms in total.